The van der Waals surface area contributed by atoms with E-state index in [2.05, 4.69) is 0 Å². The number of nitrogens with two attached hydrogens (primary N) is 1. The first-order chi connectivity index (χ1) is 7.38. The largest absolute Gasteiger partial charge is 0.399 e. The van der Waals surface area contributed by atoms with Crippen molar-refractivity contribution in [3.05, 3.63) is 29.8 Å². The molecule has 0 fully saturated rings. The van der Waals surface area contributed by atoms with E-state index in [1.165, 1.54) is 0 Å². The van der Waals surface area contributed by atoms with Gasteiger partial charge in [-0.15, -0.1) is 0 Å². The maximum Gasteiger partial charge on any atom is 0.164 e. The van der Waals surface area contributed by atoms with Gasteiger partial charge >= 0.3 is 0 Å². The van der Waals surface area contributed by atoms with Gasteiger partial charge in [0.15, 0.2) is 9.84 Å². The van der Waals surface area contributed by atoms with Crippen molar-refractivity contribution in [3.8, 4) is 0 Å². The number of sulfone groups is 1. The Balaban J connectivity index is 2.94. The van der Waals surface area contributed by atoms with Crippen LogP contribution in [0, 0.1) is 0 Å². The molecule has 90 valence electrons. The van der Waals surface area contributed by atoms with Crippen molar-refractivity contribution in [1.29, 1.82) is 0 Å². The average Bonchev–Trinajstić information content (AvgIpc) is 2.28. The smallest absolute Gasteiger partial charge is 0.164 e. The third kappa shape index (κ3) is 3.08. The first kappa shape index (κ1) is 13.7. The fraction of sp³-hybridized carbons (Fsp3) is 0.400. The van der Waals surface area contributed by atoms with Crippen LogP contribution < -0.4 is 5.73 Å². The van der Waals surface area contributed by atoms with Gasteiger partial charge in [-0.3, -0.25) is 0 Å². The van der Waals surface area contributed by atoms with Crippen LogP contribution in [0.4, 0.5) is 5.69 Å². The molecule has 0 bridgehead atoms. The Bertz CT molecular complexity index is 444. The Morgan fingerprint density at radius 2 is 1.88 bits per heavy atom. The predicted octanol–water partition coefficient (Wildman–Crippen LogP) is 1.50. The van der Waals surface area contributed by atoms with E-state index in [-0.39, 0.29) is 5.75 Å². The molecule has 0 unspecified atom stereocenters. The van der Waals surface area contributed by atoms with Crippen LogP contribution in [0.25, 0.3) is 0 Å². The molecule has 1 aromatic rings. The summed E-state index contributed by atoms with van der Waals surface area (Å²) in [6.07, 6.45) is -1.02. The summed E-state index contributed by atoms with van der Waals surface area (Å²) in [5.41, 5.74) is 6.66. The second-order valence-corrected chi connectivity index (χ2v) is 8.01. The predicted molar refractivity (Wildman–Crippen MR) is 73.1 cm³/mol. The number of benzene rings is 1. The maximum atomic E-state index is 11.6. The van der Waals surface area contributed by atoms with Gasteiger partial charge in [0, 0.05) is 11.4 Å². The molecule has 0 aliphatic heterocycles. The first-order valence-electron chi connectivity index (χ1n) is 4.77. The Kier molecular flexibility index (Phi) is 4.57. The van der Waals surface area contributed by atoms with E-state index in [0.29, 0.717) is 11.3 Å². The van der Waals surface area contributed by atoms with Gasteiger partial charge in [0.05, 0.1) is 0 Å². The highest BCUT2D eigenvalue weighted by molar-refractivity contribution is 14.1. The molecule has 1 rings (SSSR count). The Morgan fingerprint density at radius 3 is 2.31 bits per heavy atom. The van der Waals surface area contributed by atoms with Crippen LogP contribution in [0.3, 0.4) is 0 Å². The van der Waals surface area contributed by atoms with Crippen molar-refractivity contribution in [2.45, 2.75) is 16.3 Å². The summed E-state index contributed by atoms with van der Waals surface area (Å²) in [4.78, 5) is 0. The van der Waals surface area contributed by atoms with E-state index in [4.69, 9.17) is 5.73 Å². The summed E-state index contributed by atoms with van der Waals surface area (Å²) >= 11 is 1.75. The zero-order valence-electron chi connectivity index (χ0n) is 8.80. The van der Waals surface area contributed by atoms with E-state index in [9.17, 15) is 13.5 Å². The van der Waals surface area contributed by atoms with Crippen LogP contribution in [0.15, 0.2) is 24.3 Å². The molecule has 0 spiro atoms. The molecule has 0 aliphatic carbocycles. The van der Waals surface area contributed by atoms with E-state index < -0.39 is 19.2 Å². The molecule has 2 atom stereocenters. The van der Waals surface area contributed by atoms with Crippen LogP contribution in [0.5, 0.6) is 0 Å². The number of anilines is 1. The highest BCUT2D eigenvalue weighted by atomic mass is 127. The molecule has 0 heterocycles. The van der Waals surface area contributed by atoms with Crippen molar-refractivity contribution in [3.63, 3.8) is 0 Å². The summed E-state index contributed by atoms with van der Waals surface area (Å²) in [5.74, 6) is 0.0205. The summed E-state index contributed by atoms with van der Waals surface area (Å²) in [6, 6.07) is 6.55. The number of alkyl halides is 1. The third-order valence-corrected chi connectivity index (χ3v) is 7.03. The Hall–Kier alpha value is -0.340. The van der Waals surface area contributed by atoms with Gasteiger partial charge in [-0.1, -0.05) is 41.6 Å². The van der Waals surface area contributed by atoms with E-state index in [1.54, 1.807) is 53.8 Å². The molecular weight excluding hydrogens is 341 g/mol. The number of aliphatic hydroxyl groups is 1. The van der Waals surface area contributed by atoms with Gasteiger partial charge in [-0.25, -0.2) is 8.42 Å². The highest BCUT2D eigenvalue weighted by Crippen LogP contribution is 2.28. The van der Waals surface area contributed by atoms with Gasteiger partial charge in [0.25, 0.3) is 0 Å². The number of nitrogen functional groups attached to an aromatic ring is 1. The number of aliphatic hydroxyl groups excluding tert-OH is 1. The van der Waals surface area contributed by atoms with Gasteiger partial charge < -0.3 is 10.8 Å². The van der Waals surface area contributed by atoms with Crippen molar-refractivity contribution < 1.29 is 13.5 Å². The lowest BCUT2D eigenvalue weighted by atomic mass is 10.1. The minimum absolute atomic E-state index is 0.0205. The summed E-state index contributed by atoms with van der Waals surface area (Å²) < 4.78 is 22.3. The Labute approximate surface area is 109 Å². The number of hydrogen-bond donors (Lipinski definition) is 2. The van der Waals surface area contributed by atoms with Crippen molar-refractivity contribution >= 4 is 38.1 Å². The summed E-state index contributed by atoms with van der Waals surface area (Å²) in [6.45, 7) is 1.57. The lowest BCUT2D eigenvalue weighted by Gasteiger charge is -2.17. The minimum atomic E-state index is -3.25. The van der Waals surface area contributed by atoms with E-state index >= 15 is 0 Å². The topological polar surface area (TPSA) is 80.4 Å². The zero-order valence-corrected chi connectivity index (χ0v) is 11.8. The lowest BCUT2D eigenvalue weighted by molar-refractivity contribution is 0.197. The number of halogens is 1. The van der Waals surface area contributed by atoms with Gasteiger partial charge in [0.1, 0.15) is 9.36 Å². The van der Waals surface area contributed by atoms with Crippen molar-refractivity contribution in [2.75, 3.05) is 11.5 Å². The van der Waals surface area contributed by atoms with E-state index in [0.717, 1.165) is 0 Å². The zero-order chi connectivity index (χ0) is 12.3. The number of hydrogen-bond acceptors (Lipinski definition) is 4. The standard InChI is InChI=1S/C10H14INO3S/c1-2-16(14,15)10(11)9(13)7-3-5-8(12)6-4-7/h3-6,9-10,13H,2,12H2,1H3/t9-,10+/m1/s1. The molecule has 0 saturated carbocycles. The van der Waals surface area contributed by atoms with Gasteiger partial charge in [-0.05, 0) is 17.7 Å². The molecule has 1 aromatic carbocycles. The highest BCUT2D eigenvalue weighted by Gasteiger charge is 2.29. The summed E-state index contributed by atoms with van der Waals surface area (Å²) in [5, 5.41) is 9.92. The first-order valence-corrected chi connectivity index (χ1v) is 7.73. The Morgan fingerprint density at radius 1 is 1.38 bits per heavy atom. The molecule has 0 aromatic heterocycles. The van der Waals surface area contributed by atoms with Crippen LogP contribution in [-0.4, -0.2) is 22.5 Å². The molecule has 0 aliphatic rings. The molecule has 0 radical (unpaired) electrons. The fourth-order valence-electron chi connectivity index (χ4n) is 1.20. The molecule has 6 heteroatoms. The second kappa shape index (κ2) is 5.33. The number of rotatable bonds is 4. The second-order valence-electron chi connectivity index (χ2n) is 3.41. The van der Waals surface area contributed by atoms with Gasteiger partial charge in [0.2, 0.25) is 0 Å². The average molecular weight is 355 g/mol. The SMILES string of the molecule is CCS(=O)(=O)[C@H](I)[C@H](O)c1ccc(N)cc1. The van der Waals surface area contributed by atoms with Gasteiger partial charge in [-0.2, -0.15) is 0 Å². The van der Waals surface area contributed by atoms with Crippen molar-refractivity contribution in [2.24, 2.45) is 0 Å². The quantitative estimate of drug-likeness (QED) is 0.487. The van der Waals surface area contributed by atoms with Crippen LogP contribution in [-0.2, 0) is 9.84 Å². The summed E-state index contributed by atoms with van der Waals surface area (Å²) in [7, 11) is -3.25. The molecule has 4 nitrogen and oxygen atoms in total. The molecule has 0 saturated heterocycles. The van der Waals surface area contributed by atoms with Crippen molar-refractivity contribution in [1.82, 2.24) is 0 Å². The third-order valence-electron chi connectivity index (χ3n) is 2.27. The molecule has 0 amide bonds. The van der Waals surface area contributed by atoms with Crippen LogP contribution in [0.1, 0.15) is 18.6 Å². The van der Waals surface area contributed by atoms with E-state index in [1.807, 2.05) is 0 Å². The minimum Gasteiger partial charge on any atom is -0.399 e. The molecule has 16 heavy (non-hydrogen) atoms. The molecule has 3 N–H and O–H groups in total. The monoisotopic (exact) mass is 355 g/mol. The van der Waals surface area contributed by atoms with Crippen LogP contribution in [0.2, 0.25) is 0 Å². The molecular formula is C10H14INO3S. The fourth-order valence-corrected chi connectivity index (χ4v) is 3.56. The van der Waals surface area contributed by atoms with Crippen LogP contribution >= 0.6 is 22.6 Å². The normalized spacial score (nSPS) is 15.7. The maximum absolute atomic E-state index is 11.6. The lowest BCUT2D eigenvalue weighted by Crippen LogP contribution is -2.24.